The second-order valence-corrected chi connectivity index (χ2v) is 7.32. The highest BCUT2D eigenvalue weighted by Gasteiger charge is 2.40. The summed E-state index contributed by atoms with van der Waals surface area (Å²) in [7, 11) is 0. The number of benzene rings is 1. The molecule has 3 N–H and O–H groups in total. The van der Waals surface area contributed by atoms with Crippen LogP contribution in [0.5, 0.6) is 0 Å². The Morgan fingerprint density at radius 1 is 1.19 bits per heavy atom. The molecule has 3 nitrogen and oxygen atoms in total. The summed E-state index contributed by atoms with van der Waals surface area (Å²) in [5, 5.41) is 3.30. The second-order valence-electron chi connectivity index (χ2n) is 6.16. The van der Waals surface area contributed by atoms with E-state index < -0.39 is 0 Å². The van der Waals surface area contributed by atoms with Crippen molar-refractivity contribution >= 4 is 40.9 Å². The van der Waals surface area contributed by atoms with Crippen molar-refractivity contribution in [3.05, 3.63) is 33.4 Å². The molecule has 0 spiro atoms. The van der Waals surface area contributed by atoms with Gasteiger partial charge in [0.15, 0.2) is 0 Å². The van der Waals surface area contributed by atoms with Gasteiger partial charge in [0.2, 0.25) is 0 Å². The number of hydrogen-bond donors (Lipinski definition) is 2. The lowest BCUT2D eigenvalue weighted by molar-refractivity contribution is 0.0755. The summed E-state index contributed by atoms with van der Waals surface area (Å²) >= 11 is 2.23. The molecule has 2 bridgehead atoms. The smallest absolute Gasteiger partial charge is 0.252 e. The molecule has 1 amide bonds. The molecular weight excluding hydrogens is 399 g/mol. The first-order valence-electron chi connectivity index (χ1n) is 7.46. The monoisotopic (exact) mass is 420 g/mol. The zero-order valence-electron chi connectivity index (χ0n) is 11.9. The van der Waals surface area contributed by atoms with Crippen LogP contribution in [-0.4, -0.2) is 18.0 Å². The van der Waals surface area contributed by atoms with Crippen LogP contribution in [0, 0.1) is 15.4 Å². The highest BCUT2D eigenvalue weighted by molar-refractivity contribution is 14.1. The molecule has 0 saturated heterocycles. The third-order valence-electron chi connectivity index (χ3n) is 4.79. The van der Waals surface area contributed by atoms with Gasteiger partial charge < -0.3 is 11.1 Å². The van der Waals surface area contributed by atoms with E-state index in [0.29, 0.717) is 23.9 Å². The Morgan fingerprint density at radius 2 is 1.81 bits per heavy atom. The molecule has 1 aromatic rings. The number of nitrogens with two attached hydrogens (primary N) is 1. The van der Waals surface area contributed by atoms with Crippen LogP contribution in [0.15, 0.2) is 24.3 Å². The minimum absolute atomic E-state index is 0. The van der Waals surface area contributed by atoms with Gasteiger partial charge in [-0.25, -0.2) is 0 Å². The summed E-state index contributed by atoms with van der Waals surface area (Å²) < 4.78 is 1.01. The van der Waals surface area contributed by atoms with E-state index in [-0.39, 0.29) is 18.3 Å². The molecule has 0 aliphatic heterocycles. The number of halogens is 2. The fourth-order valence-electron chi connectivity index (χ4n) is 3.90. The Kier molecular flexibility index (Phi) is 5.91. The van der Waals surface area contributed by atoms with Gasteiger partial charge in [0.25, 0.3) is 5.91 Å². The van der Waals surface area contributed by atoms with Gasteiger partial charge in [-0.2, -0.15) is 0 Å². The largest absolute Gasteiger partial charge is 0.349 e. The SMILES string of the molecule is Cl.NC1CC2CCCC(C1)C2NC(=O)c1ccccc1I. The topological polar surface area (TPSA) is 55.1 Å². The Bertz CT molecular complexity index is 497. The molecule has 2 fully saturated rings. The zero-order valence-corrected chi connectivity index (χ0v) is 14.9. The van der Waals surface area contributed by atoms with Gasteiger partial charge in [-0.1, -0.05) is 18.6 Å². The maximum absolute atomic E-state index is 12.5. The van der Waals surface area contributed by atoms with Crippen LogP contribution in [0.25, 0.3) is 0 Å². The van der Waals surface area contributed by atoms with E-state index in [2.05, 4.69) is 27.9 Å². The minimum Gasteiger partial charge on any atom is -0.349 e. The summed E-state index contributed by atoms with van der Waals surface area (Å²) in [6, 6.07) is 8.43. The number of carbonyl (C=O) groups excluding carboxylic acids is 1. The summed E-state index contributed by atoms with van der Waals surface area (Å²) in [5.74, 6) is 1.22. The first-order chi connectivity index (χ1) is 9.65. The lowest BCUT2D eigenvalue weighted by atomic mass is 9.67. The maximum Gasteiger partial charge on any atom is 0.252 e. The lowest BCUT2D eigenvalue weighted by Crippen LogP contribution is -2.53. The average molecular weight is 421 g/mol. The molecule has 2 atom stereocenters. The molecule has 2 aliphatic carbocycles. The maximum atomic E-state index is 12.5. The quantitative estimate of drug-likeness (QED) is 0.721. The number of amides is 1. The standard InChI is InChI=1S/C16H21IN2O.ClH/c17-14-7-2-1-6-13(14)16(20)19-15-10-4-3-5-11(15)9-12(18)8-10;/h1-2,6-7,10-12,15H,3-5,8-9,18H2,(H,19,20);1H. The summed E-state index contributed by atoms with van der Waals surface area (Å²) in [4.78, 5) is 12.5. The van der Waals surface area contributed by atoms with Crippen LogP contribution in [0.1, 0.15) is 42.5 Å². The first kappa shape index (κ1) is 17.0. The summed E-state index contributed by atoms with van der Waals surface area (Å²) in [6.45, 7) is 0. The van der Waals surface area contributed by atoms with E-state index in [1.54, 1.807) is 0 Å². The number of rotatable bonds is 2. The lowest BCUT2D eigenvalue weighted by Gasteiger charge is -2.45. The fourth-order valence-corrected chi connectivity index (χ4v) is 4.53. The summed E-state index contributed by atoms with van der Waals surface area (Å²) in [5.41, 5.74) is 6.93. The molecule has 2 unspecified atom stereocenters. The second kappa shape index (κ2) is 7.29. The van der Waals surface area contributed by atoms with Gasteiger partial charge in [0.1, 0.15) is 0 Å². The van der Waals surface area contributed by atoms with E-state index in [0.717, 1.165) is 22.0 Å². The molecule has 0 aromatic heterocycles. The van der Waals surface area contributed by atoms with E-state index in [9.17, 15) is 4.79 Å². The van der Waals surface area contributed by atoms with Gasteiger partial charge in [-0.3, -0.25) is 4.79 Å². The minimum atomic E-state index is 0. The first-order valence-corrected chi connectivity index (χ1v) is 8.54. The van der Waals surface area contributed by atoms with Crippen LogP contribution in [0.4, 0.5) is 0 Å². The van der Waals surface area contributed by atoms with Crippen LogP contribution < -0.4 is 11.1 Å². The van der Waals surface area contributed by atoms with Crippen molar-refractivity contribution in [1.82, 2.24) is 5.32 Å². The summed E-state index contributed by atoms with van der Waals surface area (Å²) in [6.07, 6.45) is 5.83. The molecule has 0 heterocycles. The molecule has 3 rings (SSSR count). The predicted octanol–water partition coefficient (Wildman–Crippen LogP) is 3.35. The molecular formula is C16H22ClIN2O. The van der Waals surface area contributed by atoms with Crippen molar-refractivity contribution < 1.29 is 4.79 Å². The third kappa shape index (κ3) is 3.71. The van der Waals surface area contributed by atoms with Crippen molar-refractivity contribution in [2.24, 2.45) is 17.6 Å². The number of carbonyl (C=O) groups is 1. The average Bonchev–Trinajstić information content (AvgIpc) is 2.40. The van der Waals surface area contributed by atoms with Crippen LogP contribution in [0.3, 0.4) is 0 Å². The number of nitrogens with one attached hydrogen (secondary N) is 1. The van der Waals surface area contributed by atoms with Gasteiger partial charge >= 0.3 is 0 Å². The van der Waals surface area contributed by atoms with E-state index >= 15 is 0 Å². The van der Waals surface area contributed by atoms with Gasteiger partial charge in [0, 0.05) is 15.7 Å². The Morgan fingerprint density at radius 3 is 2.43 bits per heavy atom. The highest BCUT2D eigenvalue weighted by atomic mass is 127. The number of hydrogen-bond acceptors (Lipinski definition) is 2. The van der Waals surface area contributed by atoms with E-state index in [1.807, 2.05) is 24.3 Å². The molecule has 116 valence electrons. The van der Waals surface area contributed by atoms with Crippen LogP contribution >= 0.6 is 35.0 Å². The molecule has 2 aliphatic rings. The third-order valence-corrected chi connectivity index (χ3v) is 5.73. The molecule has 21 heavy (non-hydrogen) atoms. The van der Waals surface area contributed by atoms with Gasteiger partial charge in [-0.05, 0) is 72.2 Å². The van der Waals surface area contributed by atoms with Gasteiger partial charge in [-0.15, -0.1) is 12.4 Å². The van der Waals surface area contributed by atoms with Crippen molar-refractivity contribution in [1.29, 1.82) is 0 Å². The number of fused-ring (bicyclic) bond motifs is 2. The van der Waals surface area contributed by atoms with Crippen molar-refractivity contribution in [3.63, 3.8) is 0 Å². The molecule has 2 saturated carbocycles. The highest BCUT2D eigenvalue weighted by Crippen LogP contribution is 2.39. The Hall–Kier alpha value is -0.330. The van der Waals surface area contributed by atoms with Crippen LogP contribution in [0.2, 0.25) is 0 Å². The molecule has 5 heteroatoms. The zero-order chi connectivity index (χ0) is 14.1. The molecule has 1 aromatic carbocycles. The van der Waals surface area contributed by atoms with Crippen molar-refractivity contribution in [3.8, 4) is 0 Å². The van der Waals surface area contributed by atoms with E-state index in [4.69, 9.17) is 5.73 Å². The van der Waals surface area contributed by atoms with E-state index in [1.165, 1.54) is 19.3 Å². The normalized spacial score (nSPS) is 31.1. The predicted molar refractivity (Wildman–Crippen MR) is 95.7 cm³/mol. The van der Waals surface area contributed by atoms with Gasteiger partial charge in [0.05, 0.1) is 5.56 Å². The van der Waals surface area contributed by atoms with Crippen LogP contribution in [-0.2, 0) is 0 Å². The Balaban J connectivity index is 0.00000161. The molecule has 0 radical (unpaired) electrons. The fraction of sp³-hybridized carbons (Fsp3) is 0.562. The van der Waals surface area contributed by atoms with Crippen molar-refractivity contribution in [2.75, 3.05) is 0 Å². The van der Waals surface area contributed by atoms with Crippen molar-refractivity contribution in [2.45, 2.75) is 44.2 Å². The Labute approximate surface area is 146 Å².